The highest BCUT2D eigenvalue weighted by Gasteiger charge is 2.45. The van der Waals surface area contributed by atoms with Crippen molar-refractivity contribution in [1.29, 1.82) is 0 Å². The van der Waals surface area contributed by atoms with Crippen LogP contribution in [-0.4, -0.2) is 53.8 Å². The zero-order valence-electron chi connectivity index (χ0n) is 15.3. The lowest BCUT2D eigenvalue weighted by molar-refractivity contribution is -0.148. The van der Waals surface area contributed by atoms with Crippen molar-refractivity contribution in [3.05, 3.63) is 34.1 Å². The molecule has 2 atom stereocenters. The van der Waals surface area contributed by atoms with Gasteiger partial charge in [-0.05, 0) is 67.1 Å². The first kappa shape index (κ1) is 20.7. The van der Waals surface area contributed by atoms with E-state index in [9.17, 15) is 22.7 Å². The van der Waals surface area contributed by atoms with E-state index < -0.39 is 39.4 Å². The minimum atomic E-state index is -3.45. The molecule has 150 valence electrons. The summed E-state index contributed by atoms with van der Waals surface area (Å²) in [6.45, 7) is 3.10. The van der Waals surface area contributed by atoms with Crippen molar-refractivity contribution in [3.8, 4) is 0 Å². The first-order valence-electron chi connectivity index (χ1n) is 8.98. The molecule has 2 N–H and O–H groups in total. The topological polar surface area (TPSA) is 86.7 Å². The van der Waals surface area contributed by atoms with Gasteiger partial charge in [-0.15, -0.1) is 0 Å². The van der Waals surface area contributed by atoms with E-state index in [0.717, 1.165) is 0 Å². The van der Waals surface area contributed by atoms with Crippen LogP contribution in [0.5, 0.6) is 0 Å². The number of aliphatic hydroxyl groups is 1. The Kier molecular flexibility index (Phi) is 5.69. The van der Waals surface area contributed by atoms with Gasteiger partial charge in [-0.2, -0.15) is 0 Å². The van der Waals surface area contributed by atoms with Crippen molar-refractivity contribution in [3.63, 3.8) is 0 Å². The summed E-state index contributed by atoms with van der Waals surface area (Å²) in [5.74, 6) is -0.917. The van der Waals surface area contributed by atoms with Crippen molar-refractivity contribution < 1.29 is 22.7 Å². The smallest absolute Gasteiger partial charge is 0.254 e. The lowest BCUT2D eigenvalue weighted by Crippen LogP contribution is -2.53. The maximum atomic E-state index is 14.5. The second-order valence-corrected chi connectivity index (χ2v) is 10.6. The Balaban J connectivity index is 1.89. The van der Waals surface area contributed by atoms with Crippen LogP contribution in [0.25, 0.3) is 0 Å². The number of likely N-dealkylation sites (tertiary alicyclic amines) is 1. The quantitative estimate of drug-likeness (QED) is 0.676. The average Bonchev–Trinajstić information content (AvgIpc) is 3.36. The minimum Gasteiger partial charge on any atom is -0.381 e. The summed E-state index contributed by atoms with van der Waals surface area (Å²) in [6.07, 6.45) is 1.86. The summed E-state index contributed by atoms with van der Waals surface area (Å²) in [6, 6.07) is 3.82. The summed E-state index contributed by atoms with van der Waals surface area (Å²) in [5.41, 5.74) is -1.20. The van der Waals surface area contributed by atoms with E-state index in [0.29, 0.717) is 35.8 Å². The number of carbonyl (C=O) groups is 1. The van der Waals surface area contributed by atoms with Crippen LogP contribution in [0.1, 0.15) is 38.7 Å². The Morgan fingerprint density at radius 1 is 1.37 bits per heavy atom. The summed E-state index contributed by atoms with van der Waals surface area (Å²) < 4.78 is 42.3. The fourth-order valence-electron chi connectivity index (χ4n) is 3.46. The number of amides is 1. The van der Waals surface area contributed by atoms with E-state index in [-0.39, 0.29) is 11.7 Å². The van der Waals surface area contributed by atoms with Gasteiger partial charge in [0.15, 0.2) is 0 Å². The Morgan fingerprint density at radius 3 is 2.63 bits per heavy atom. The van der Waals surface area contributed by atoms with Crippen LogP contribution in [-0.2, 0) is 21.2 Å². The van der Waals surface area contributed by atoms with E-state index in [4.69, 9.17) is 0 Å². The molecule has 1 heterocycles. The molecule has 1 aromatic rings. The molecule has 1 aromatic carbocycles. The van der Waals surface area contributed by atoms with Crippen molar-refractivity contribution in [2.45, 2.75) is 62.5 Å². The molecule has 1 amide bonds. The molecule has 0 unspecified atom stereocenters. The van der Waals surface area contributed by atoms with E-state index in [1.807, 2.05) is 0 Å². The highest BCUT2D eigenvalue weighted by atomic mass is 79.9. The third-order valence-corrected chi connectivity index (χ3v) is 7.66. The van der Waals surface area contributed by atoms with Crippen LogP contribution in [0.2, 0.25) is 0 Å². The van der Waals surface area contributed by atoms with Crippen LogP contribution in [0, 0.1) is 5.82 Å². The van der Waals surface area contributed by atoms with Gasteiger partial charge in [0.25, 0.3) is 5.91 Å². The molecule has 2 fully saturated rings. The predicted molar refractivity (Wildman–Crippen MR) is 103 cm³/mol. The Bertz CT molecular complexity index is 836. The van der Waals surface area contributed by atoms with Crippen molar-refractivity contribution in [2.75, 3.05) is 6.54 Å². The van der Waals surface area contributed by atoms with Gasteiger partial charge in [0, 0.05) is 12.6 Å². The predicted octanol–water partition coefficient (Wildman–Crippen LogP) is 1.95. The normalized spacial score (nSPS) is 23.7. The van der Waals surface area contributed by atoms with Gasteiger partial charge in [0.2, 0.25) is 10.0 Å². The number of rotatable bonds is 6. The molecule has 0 aromatic heterocycles. The first-order valence-corrected chi connectivity index (χ1v) is 11.3. The zero-order chi connectivity index (χ0) is 20.0. The summed E-state index contributed by atoms with van der Waals surface area (Å²) in [5, 5.41) is 9.76. The van der Waals surface area contributed by atoms with Crippen molar-refractivity contribution >= 4 is 31.9 Å². The van der Waals surface area contributed by atoms with E-state index in [2.05, 4.69) is 20.7 Å². The third-order valence-electron chi connectivity index (χ3n) is 5.07. The number of nitrogens with zero attached hydrogens (tertiary/aromatic N) is 1. The van der Waals surface area contributed by atoms with Gasteiger partial charge in [-0.1, -0.05) is 12.1 Å². The molecule has 9 heteroatoms. The molecule has 1 saturated heterocycles. The molecule has 3 rings (SSSR count). The summed E-state index contributed by atoms with van der Waals surface area (Å²) >= 11 is 3.16. The number of nitrogens with one attached hydrogen (secondary N) is 1. The number of hydrogen-bond acceptors (Lipinski definition) is 4. The molecular formula is C18H24BrFN2O4S. The number of carbonyl (C=O) groups excluding carboxylic acids is 1. The molecule has 2 aliphatic rings. The number of halogens is 2. The van der Waals surface area contributed by atoms with Gasteiger partial charge >= 0.3 is 0 Å². The Hall–Kier alpha value is -1.03. The molecule has 1 aliphatic heterocycles. The molecule has 1 saturated carbocycles. The molecule has 6 nitrogen and oxygen atoms in total. The lowest BCUT2D eigenvalue weighted by Gasteiger charge is -2.32. The van der Waals surface area contributed by atoms with Gasteiger partial charge in [-0.3, -0.25) is 4.79 Å². The lowest BCUT2D eigenvalue weighted by atomic mass is 9.99. The van der Waals surface area contributed by atoms with Gasteiger partial charge in [0.05, 0.1) is 15.8 Å². The number of sulfonamides is 1. The van der Waals surface area contributed by atoms with Gasteiger partial charge in [-0.25, -0.2) is 17.5 Å². The highest BCUT2D eigenvalue weighted by molar-refractivity contribution is 9.10. The number of hydrogen-bond donors (Lipinski definition) is 2. The number of benzene rings is 1. The molecule has 0 radical (unpaired) electrons. The highest BCUT2D eigenvalue weighted by Crippen LogP contribution is 2.31. The third kappa shape index (κ3) is 4.52. The summed E-state index contributed by atoms with van der Waals surface area (Å²) in [4.78, 5) is 14.1. The Labute approximate surface area is 167 Å². The second kappa shape index (κ2) is 7.42. The Morgan fingerprint density at radius 2 is 2.04 bits per heavy atom. The molecule has 0 bridgehead atoms. The van der Waals surface area contributed by atoms with Crippen LogP contribution in [0.4, 0.5) is 4.39 Å². The minimum absolute atomic E-state index is 0.158. The summed E-state index contributed by atoms with van der Waals surface area (Å²) in [7, 11) is -3.45. The standard InChI is InChI=1S/C18H24BrFN2O4S/c1-18(2,24)17(23)22-9-8-14(21-27(25,26)12-6-7-12)15(22)10-11-4-3-5-13(19)16(11)20/h3-5,12,14-15,21,24H,6-10H2,1-2H3/t14-,15-/m0/s1. The van der Waals surface area contributed by atoms with Crippen LogP contribution in [0.15, 0.2) is 22.7 Å². The average molecular weight is 463 g/mol. The fourth-order valence-corrected chi connectivity index (χ4v) is 5.52. The van der Waals surface area contributed by atoms with Gasteiger partial charge in [0.1, 0.15) is 11.4 Å². The molecule has 1 aliphatic carbocycles. The second-order valence-electron chi connectivity index (χ2n) is 7.80. The zero-order valence-corrected chi connectivity index (χ0v) is 17.7. The van der Waals surface area contributed by atoms with E-state index in [1.165, 1.54) is 18.7 Å². The van der Waals surface area contributed by atoms with Gasteiger partial charge < -0.3 is 10.0 Å². The largest absolute Gasteiger partial charge is 0.381 e. The molecule has 27 heavy (non-hydrogen) atoms. The fraction of sp³-hybridized carbons (Fsp3) is 0.611. The van der Waals surface area contributed by atoms with E-state index in [1.54, 1.807) is 18.2 Å². The van der Waals surface area contributed by atoms with Crippen LogP contribution in [0.3, 0.4) is 0 Å². The molecule has 0 spiro atoms. The van der Waals surface area contributed by atoms with Crippen LogP contribution < -0.4 is 4.72 Å². The monoisotopic (exact) mass is 462 g/mol. The van der Waals surface area contributed by atoms with Crippen molar-refractivity contribution in [1.82, 2.24) is 9.62 Å². The van der Waals surface area contributed by atoms with E-state index >= 15 is 0 Å². The maximum absolute atomic E-state index is 14.5. The van der Waals surface area contributed by atoms with Crippen LogP contribution >= 0.6 is 15.9 Å². The maximum Gasteiger partial charge on any atom is 0.254 e. The van der Waals surface area contributed by atoms with Crippen molar-refractivity contribution in [2.24, 2.45) is 0 Å². The molecular weight excluding hydrogens is 439 g/mol. The first-order chi connectivity index (χ1) is 12.5. The SMILES string of the molecule is CC(C)(O)C(=O)N1CC[C@H](NS(=O)(=O)C2CC2)[C@@H]1Cc1cccc(Br)c1F.